The number of hydroxylamine groups is 3. The van der Waals surface area contributed by atoms with Crippen LogP contribution < -0.4 is 0 Å². The number of nitrogens with zero attached hydrogens (tertiary/aromatic N) is 1. The number of hydrogen-bond donors (Lipinski definition) is 0. The third-order valence-electron chi connectivity index (χ3n) is 4.56. The molecule has 4 nitrogen and oxygen atoms in total. The van der Waals surface area contributed by atoms with Crippen LogP contribution in [-0.2, 0) is 14.3 Å². The molecule has 0 unspecified atom stereocenters. The van der Waals surface area contributed by atoms with Gasteiger partial charge in [0.15, 0.2) is 5.79 Å². The normalized spacial score (nSPS) is 39.9. The van der Waals surface area contributed by atoms with Crippen LogP contribution in [0.2, 0.25) is 0 Å². The fraction of sp³-hybridized carbons (Fsp3) is 1.00. The first kappa shape index (κ1) is 11.9. The molecule has 3 fully saturated rings. The molecule has 0 N–H and O–H groups in total. The van der Waals surface area contributed by atoms with Gasteiger partial charge in [-0.25, -0.2) is 4.84 Å². The van der Waals surface area contributed by atoms with E-state index in [2.05, 4.69) is 14.1 Å². The van der Waals surface area contributed by atoms with Crippen LogP contribution in [-0.4, -0.2) is 49.9 Å². The van der Waals surface area contributed by atoms with Crippen molar-refractivity contribution in [3.63, 3.8) is 0 Å². The summed E-state index contributed by atoms with van der Waals surface area (Å²) in [5, 5.41) is 0. The van der Waals surface area contributed by atoms with Crippen molar-refractivity contribution in [2.24, 2.45) is 0 Å². The van der Waals surface area contributed by atoms with Crippen LogP contribution in [0.5, 0.6) is 0 Å². The average Bonchev–Trinajstić information content (AvgIpc) is 2.84. The molecule has 2 heterocycles. The summed E-state index contributed by atoms with van der Waals surface area (Å²) >= 11 is 0. The molecule has 2 atom stereocenters. The predicted molar refractivity (Wildman–Crippen MR) is 63.1 cm³/mol. The summed E-state index contributed by atoms with van der Waals surface area (Å²) in [4.78, 5) is 5.74. The molecule has 1 aliphatic carbocycles. The Balaban J connectivity index is 1.67. The molecule has 2 aliphatic heterocycles. The average molecular weight is 242 g/mol. The minimum Gasteiger partial charge on any atom is -0.347 e. The number of hydrogen-bond acceptors (Lipinski definition) is 3. The van der Waals surface area contributed by atoms with Crippen molar-refractivity contribution in [1.82, 2.24) is 0 Å². The quantitative estimate of drug-likeness (QED) is 0.657. The Morgan fingerprint density at radius 1 is 1.12 bits per heavy atom. The highest BCUT2D eigenvalue weighted by atomic mass is 16.8. The largest absolute Gasteiger partial charge is 0.347 e. The molecule has 1 saturated carbocycles. The first-order valence-electron chi connectivity index (χ1n) is 6.91. The zero-order valence-corrected chi connectivity index (χ0v) is 11.0. The minimum absolute atomic E-state index is 0.214. The zero-order chi connectivity index (χ0) is 11.9. The second-order valence-corrected chi connectivity index (χ2v) is 6.06. The Hall–Kier alpha value is -0.160. The van der Waals surface area contributed by atoms with Crippen molar-refractivity contribution < 1.29 is 19.0 Å². The van der Waals surface area contributed by atoms with E-state index in [-0.39, 0.29) is 11.9 Å². The molecule has 0 radical (unpaired) electrons. The van der Waals surface area contributed by atoms with E-state index in [1.807, 2.05) is 0 Å². The van der Waals surface area contributed by atoms with Crippen LogP contribution in [0.15, 0.2) is 0 Å². The SMILES string of the molecule is C[N+]1(C)OCC[C@H]1[C@H]1COC2(CCCCC2)O1. The van der Waals surface area contributed by atoms with E-state index in [1.54, 1.807) is 0 Å². The van der Waals surface area contributed by atoms with Gasteiger partial charge in [0.1, 0.15) is 18.8 Å². The maximum atomic E-state index is 6.29. The van der Waals surface area contributed by atoms with Crippen LogP contribution in [0.4, 0.5) is 0 Å². The fourth-order valence-electron chi connectivity index (χ4n) is 3.52. The van der Waals surface area contributed by atoms with Crippen molar-refractivity contribution in [1.29, 1.82) is 0 Å². The van der Waals surface area contributed by atoms with Crippen molar-refractivity contribution in [3.05, 3.63) is 0 Å². The second-order valence-electron chi connectivity index (χ2n) is 6.06. The Bertz CT molecular complexity index is 286. The lowest BCUT2D eigenvalue weighted by Crippen LogP contribution is -2.50. The Kier molecular flexibility index (Phi) is 2.94. The number of likely N-dealkylation sites (N-methyl/N-ethyl adjacent to an activating group) is 1. The van der Waals surface area contributed by atoms with Gasteiger partial charge < -0.3 is 9.47 Å². The summed E-state index contributed by atoms with van der Waals surface area (Å²) in [6.07, 6.45) is 7.25. The summed E-state index contributed by atoms with van der Waals surface area (Å²) < 4.78 is 12.9. The van der Waals surface area contributed by atoms with E-state index < -0.39 is 0 Å². The van der Waals surface area contributed by atoms with Crippen molar-refractivity contribution in [2.75, 3.05) is 27.3 Å². The van der Waals surface area contributed by atoms with Gasteiger partial charge in [-0.3, -0.25) is 0 Å². The van der Waals surface area contributed by atoms with Gasteiger partial charge in [0.2, 0.25) is 0 Å². The van der Waals surface area contributed by atoms with Crippen LogP contribution in [0.3, 0.4) is 0 Å². The van der Waals surface area contributed by atoms with Crippen LogP contribution >= 0.6 is 0 Å². The standard InChI is InChI=1S/C13H24NO3/c1-14(2)11(6-9-16-14)12-10-15-13(17-12)7-4-3-5-8-13/h11-12H,3-10H2,1-2H3/q+1/t11-,12+/m0/s1. The molecular weight excluding hydrogens is 218 g/mol. The van der Waals surface area contributed by atoms with Crippen LogP contribution in [0.25, 0.3) is 0 Å². The van der Waals surface area contributed by atoms with E-state index in [0.29, 0.717) is 10.7 Å². The smallest absolute Gasteiger partial charge is 0.169 e. The zero-order valence-electron chi connectivity index (χ0n) is 11.0. The van der Waals surface area contributed by atoms with E-state index in [1.165, 1.54) is 19.3 Å². The summed E-state index contributed by atoms with van der Waals surface area (Å²) in [6, 6.07) is 0.427. The molecule has 98 valence electrons. The van der Waals surface area contributed by atoms with Crippen LogP contribution in [0, 0.1) is 0 Å². The van der Waals surface area contributed by atoms with Gasteiger partial charge in [-0.2, -0.15) is 4.65 Å². The number of quaternary nitrogens is 1. The Morgan fingerprint density at radius 2 is 1.88 bits per heavy atom. The Labute approximate surface area is 103 Å². The molecule has 0 amide bonds. The highest BCUT2D eigenvalue weighted by molar-refractivity contribution is 4.86. The molecule has 1 spiro atoms. The molecule has 0 bridgehead atoms. The van der Waals surface area contributed by atoms with Crippen molar-refractivity contribution in [3.8, 4) is 0 Å². The van der Waals surface area contributed by atoms with Gasteiger partial charge in [-0.1, -0.05) is 6.42 Å². The van der Waals surface area contributed by atoms with Gasteiger partial charge in [-0.15, -0.1) is 0 Å². The third kappa shape index (κ3) is 2.12. The maximum Gasteiger partial charge on any atom is 0.169 e. The first-order valence-corrected chi connectivity index (χ1v) is 6.91. The van der Waals surface area contributed by atoms with Gasteiger partial charge in [-0.05, 0) is 12.8 Å². The lowest BCUT2D eigenvalue weighted by molar-refractivity contribution is -1.08. The van der Waals surface area contributed by atoms with Crippen LogP contribution in [0.1, 0.15) is 38.5 Å². The second kappa shape index (κ2) is 4.19. The minimum atomic E-state index is -0.245. The summed E-state index contributed by atoms with van der Waals surface area (Å²) in [5.41, 5.74) is 0. The molecule has 17 heavy (non-hydrogen) atoms. The molecule has 3 aliphatic rings. The van der Waals surface area contributed by atoms with Crippen molar-refractivity contribution >= 4 is 0 Å². The van der Waals surface area contributed by atoms with E-state index in [9.17, 15) is 0 Å². The molecule has 3 rings (SSSR count). The first-order chi connectivity index (χ1) is 8.11. The number of ether oxygens (including phenoxy) is 2. The molecule has 0 aromatic carbocycles. The molecule has 0 aromatic heterocycles. The Morgan fingerprint density at radius 3 is 2.53 bits per heavy atom. The number of rotatable bonds is 1. The molecular formula is C13H24NO3+. The predicted octanol–water partition coefficient (Wildman–Crippen LogP) is 1.84. The van der Waals surface area contributed by atoms with E-state index in [4.69, 9.17) is 14.3 Å². The lowest BCUT2D eigenvalue weighted by atomic mass is 9.94. The fourth-order valence-corrected chi connectivity index (χ4v) is 3.52. The van der Waals surface area contributed by atoms with Crippen molar-refractivity contribution in [2.45, 2.75) is 56.5 Å². The van der Waals surface area contributed by atoms with Gasteiger partial charge in [0.25, 0.3) is 0 Å². The van der Waals surface area contributed by atoms with Gasteiger partial charge in [0, 0.05) is 19.3 Å². The topological polar surface area (TPSA) is 27.7 Å². The van der Waals surface area contributed by atoms with Gasteiger partial charge >= 0.3 is 0 Å². The highest BCUT2D eigenvalue weighted by Gasteiger charge is 2.51. The lowest BCUT2D eigenvalue weighted by Gasteiger charge is -2.34. The maximum absolute atomic E-state index is 6.29. The summed E-state index contributed by atoms with van der Waals surface area (Å²) in [7, 11) is 4.24. The third-order valence-corrected chi connectivity index (χ3v) is 4.56. The summed E-state index contributed by atoms with van der Waals surface area (Å²) in [6.45, 7) is 1.58. The molecule has 0 aromatic rings. The van der Waals surface area contributed by atoms with Gasteiger partial charge in [0.05, 0.1) is 20.7 Å². The highest BCUT2D eigenvalue weighted by Crippen LogP contribution is 2.40. The monoisotopic (exact) mass is 242 g/mol. The van der Waals surface area contributed by atoms with E-state index in [0.717, 1.165) is 32.5 Å². The molecule has 2 saturated heterocycles. The van der Waals surface area contributed by atoms with E-state index >= 15 is 0 Å². The molecule has 4 heteroatoms. The summed E-state index contributed by atoms with van der Waals surface area (Å²) in [5.74, 6) is -0.245.